The van der Waals surface area contributed by atoms with Crippen molar-refractivity contribution in [3.05, 3.63) is 97.8 Å². The second-order valence-electron chi connectivity index (χ2n) is 11.7. The summed E-state index contributed by atoms with van der Waals surface area (Å²) < 4.78 is 91.3. The fourth-order valence-electron chi connectivity index (χ4n) is 4.97. The van der Waals surface area contributed by atoms with Gasteiger partial charge >= 0.3 is 6.09 Å². The van der Waals surface area contributed by atoms with Crippen LogP contribution in [-0.2, 0) is 37.5 Å². The van der Waals surface area contributed by atoms with E-state index in [4.69, 9.17) is 27.9 Å². The summed E-state index contributed by atoms with van der Waals surface area (Å²) in [5, 5.41) is 5.19. The van der Waals surface area contributed by atoms with E-state index in [9.17, 15) is 30.4 Å². The predicted molar refractivity (Wildman–Crippen MR) is 184 cm³/mol. The van der Waals surface area contributed by atoms with Crippen molar-refractivity contribution in [2.75, 3.05) is 5.75 Å². The third-order valence-corrected chi connectivity index (χ3v) is 14.5. The number of ether oxygens (including phenoxy) is 1. The van der Waals surface area contributed by atoms with Gasteiger partial charge < -0.3 is 10.1 Å². The molecule has 17 heteroatoms. The first-order chi connectivity index (χ1) is 22.4. The van der Waals surface area contributed by atoms with Crippen molar-refractivity contribution >= 4 is 82.5 Å². The van der Waals surface area contributed by atoms with Gasteiger partial charge in [-0.3, -0.25) is 4.68 Å². The monoisotopic (exact) mass is 775 g/mol. The number of amides is 1. The molecule has 9 nitrogen and oxygen atoms in total. The lowest BCUT2D eigenvalue weighted by molar-refractivity contribution is 0.0523. The molecule has 0 aliphatic rings. The van der Waals surface area contributed by atoms with E-state index >= 15 is 0 Å². The molecule has 0 spiro atoms. The Kier molecular flexibility index (Phi) is 10.6. The van der Waals surface area contributed by atoms with Gasteiger partial charge in [0, 0.05) is 17.5 Å². The number of fused-ring (bicyclic) bond motifs is 1. The van der Waals surface area contributed by atoms with E-state index in [1.165, 1.54) is 41.1 Å². The van der Waals surface area contributed by atoms with Crippen molar-refractivity contribution in [3.63, 3.8) is 0 Å². The molecule has 0 saturated heterocycles. The second-order valence-corrected chi connectivity index (χ2v) is 19.7. The zero-order valence-corrected chi connectivity index (χ0v) is 30.4. The number of hydrogen-bond acceptors (Lipinski definition) is 9. The smallest absolute Gasteiger partial charge is 0.407 e. The third-order valence-electron chi connectivity index (χ3n) is 6.97. The molecule has 1 amide bonds. The lowest BCUT2D eigenvalue weighted by atomic mass is 10.1. The van der Waals surface area contributed by atoms with Gasteiger partial charge in [-0.05, 0) is 62.2 Å². The summed E-state index contributed by atoms with van der Waals surface area (Å²) in [5.74, 6) is -0.989. The van der Waals surface area contributed by atoms with Gasteiger partial charge in [0.2, 0.25) is 0 Å². The highest BCUT2D eigenvalue weighted by molar-refractivity contribution is 7.97. The van der Waals surface area contributed by atoms with Crippen molar-refractivity contribution in [2.24, 2.45) is 0 Å². The highest BCUT2D eigenvalue weighted by Gasteiger charge is 2.40. The van der Waals surface area contributed by atoms with Crippen molar-refractivity contribution in [1.29, 1.82) is 0 Å². The highest BCUT2D eigenvalue weighted by Crippen LogP contribution is 2.42. The Balaban J connectivity index is 1.61. The van der Waals surface area contributed by atoms with Crippen LogP contribution >= 0.6 is 45.9 Å². The van der Waals surface area contributed by atoms with Crippen molar-refractivity contribution in [1.82, 2.24) is 15.1 Å². The Morgan fingerprint density at radius 3 is 2.17 bits per heavy atom. The van der Waals surface area contributed by atoms with Crippen LogP contribution in [-0.4, -0.2) is 44.1 Å². The van der Waals surface area contributed by atoms with Crippen LogP contribution in [0.4, 0.5) is 13.6 Å². The lowest BCUT2D eigenvalue weighted by Crippen LogP contribution is -2.32. The number of aromatic nitrogens is 2. The maximum absolute atomic E-state index is 14.5. The number of hydrogen-bond donors (Lipinski definition) is 1. The standard InChI is InChI=1S/C31H29Cl2F2N3O6S4/c1-31(2,3)44-30(39)36-15-18-6-4-7-19(14-18)16-38-21-9-5-8-20(29(34)35)27(21)28(37-38)22(48(42,43)26-13-11-24(33)46-26)17-47(40,41)25-12-10-23(32)45-25/h4-14,22,29H,15-17H2,1-3H3,(H,36,39). The van der Waals surface area contributed by atoms with Crippen molar-refractivity contribution in [2.45, 2.75) is 59.6 Å². The van der Waals surface area contributed by atoms with Gasteiger partial charge in [-0.2, -0.15) is 5.10 Å². The minimum Gasteiger partial charge on any atom is -0.444 e. The number of thiophene rings is 2. The number of sulfone groups is 2. The maximum Gasteiger partial charge on any atom is 0.407 e. The maximum atomic E-state index is 14.5. The molecule has 1 unspecified atom stereocenters. The third kappa shape index (κ3) is 8.20. The Morgan fingerprint density at radius 1 is 0.938 bits per heavy atom. The van der Waals surface area contributed by atoms with E-state index in [-0.39, 0.29) is 46.8 Å². The molecule has 256 valence electrons. The number of benzene rings is 2. The Labute approximate surface area is 294 Å². The Morgan fingerprint density at radius 2 is 1.56 bits per heavy atom. The van der Waals surface area contributed by atoms with E-state index in [1.54, 1.807) is 45.0 Å². The van der Waals surface area contributed by atoms with Crippen LogP contribution in [0.3, 0.4) is 0 Å². The normalized spacial score (nSPS) is 13.2. The lowest BCUT2D eigenvalue weighted by Gasteiger charge is -2.19. The largest absolute Gasteiger partial charge is 0.444 e. The molecular weight excluding hydrogens is 748 g/mol. The summed E-state index contributed by atoms with van der Waals surface area (Å²) >= 11 is 13.5. The fourth-order valence-corrected chi connectivity index (χ4v) is 12.1. The van der Waals surface area contributed by atoms with Gasteiger partial charge in [-0.15, -0.1) is 22.7 Å². The average Bonchev–Trinajstić information content (AvgIpc) is 3.73. The molecule has 1 atom stereocenters. The first-order valence-corrected chi connectivity index (χ1v) is 19.8. The molecule has 2 aromatic carbocycles. The topological polar surface area (TPSA) is 124 Å². The van der Waals surface area contributed by atoms with Crippen molar-refractivity contribution in [3.8, 4) is 0 Å². The molecule has 0 radical (unpaired) electrons. The average molecular weight is 777 g/mol. The van der Waals surface area contributed by atoms with Gasteiger partial charge in [0.15, 0.2) is 19.7 Å². The quantitative estimate of drug-likeness (QED) is 0.143. The van der Waals surface area contributed by atoms with Crippen LogP contribution in [0.5, 0.6) is 0 Å². The zero-order valence-electron chi connectivity index (χ0n) is 25.6. The summed E-state index contributed by atoms with van der Waals surface area (Å²) in [5.41, 5.74) is 0.0331. The van der Waals surface area contributed by atoms with Crippen LogP contribution in [0.1, 0.15) is 54.8 Å². The Hall–Kier alpha value is -3.08. The molecule has 5 rings (SSSR count). The molecule has 0 saturated carbocycles. The minimum absolute atomic E-state index is 0.00828. The van der Waals surface area contributed by atoms with E-state index in [1.807, 2.05) is 0 Å². The molecule has 48 heavy (non-hydrogen) atoms. The first-order valence-electron chi connectivity index (χ1n) is 14.2. The van der Waals surface area contributed by atoms with E-state index in [2.05, 4.69) is 10.4 Å². The van der Waals surface area contributed by atoms with Crippen LogP contribution in [0.25, 0.3) is 10.9 Å². The van der Waals surface area contributed by atoms with E-state index < -0.39 is 54.4 Å². The summed E-state index contributed by atoms with van der Waals surface area (Å²) in [6, 6.07) is 16.4. The number of carbonyl (C=O) groups is 1. The number of nitrogens with one attached hydrogen (secondary N) is 1. The summed E-state index contributed by atoms with van der Waals surface area (Å²) in [7, 11) is -8.85. The number of carbonyl (C=O) groups excluding carboxylic acids is 1. The van der Waals surface area contributed by atoms with Crippen molar-refractivity contribution < 1.29 is 35.1 Å². The second kappa shape index (κ2) is 14.0. The van der Waals surface area contributed by atoms with Crippen LogP contribution in [0.15, 0.2) is 75.1 Å². The van der Waals surface area contributed by atoms with Gasteiger partial charge in [0.1, 0.15) is 19.3 Å². The number of halogens is 4. The number of alkyl halides is 2. The summed E-state index contributed by atoms with van der Waals surface area (Å²) in [6.45, 7) is 5.38. The number of nitrogens with zero attached hydrogens (tertiary/aromatic N) is 2. The zero-order chi connectivity index (χ0) is 35.0. The van der Waals surface area contributed by atoms with Gasteiger partial charge in [-0.25, -0.2) is 30.4 Å². The molecule has 0 aliphatic heterocycles. The number of alkyl carbamates (subject to hydrolysis) is 1. The summed E-state index contributed by atoms with van der Waals surface area (Å²) in [4.78, 5) is 12.2. The number of rotatable bonds is 11. The fraction of sp³-hybridized carbons (Fsp3) is 0.290. The van der Waals surface area contributed by atoms with Gasteiger partial charge in [0.25, 0.3) is 6.43 Å². The minimum atomic E-state index is -4.54. The predicted octanol–water partition coefficient (Wildman–Crippen LogP) is 8.47. The molecule has 0 aliphatic carbocycles. The Bertz CT molecular complexity index is 2190. The van der Waals surface area contributed by atoms with E-state index in [0.717, 1.165) is 28.7 Å². The first kappa shape index (κ1) is 36.2. The molecule has 3 aromatic heterocycles. The molecular formula is C31H29Cl2F2N3O6S4. The van der Waals surface area contributed by atoms with Gasteiger partial charge in [-0.1, -0.05) is 59.6 Å². The molecule has 0 bridgehead atoms. The SMILES string of the molecule is CC(C)(C)OC(=O)NCc1cccc(Cn2nc(C(CS(=O)(=O)c3ccc(Cl)s3)S(=O)(=O)c3ccc(Cl)s3)c3c(C(F)F)cccc32)c1. The van der Waals surface area contributed by atoms with Crippen LogP contribution < -0.4 is 5.32 Å². The molecule has 3 heterocycles. The molecule has 1 N–H and O–H groups in total. The molecule has 5 aromatic rings. The summed E-state index contributed by atoms with van der Waals surface area (Å²) in [6.07, 6.45) is -3.63. The van der Waals surface area contributed by atoms with Crippen LogP contribution in [0.2, 0.25) is 8.67 Å². The van der Waals surface area contributed by atoms with E-state index in [0.29, 0.717) is 11.1 Å². The highest BCUT2D eigenvalue weighted by atomic mass is 35.5. The van der Waals surface area contributed by atoms with Gasteiger partial charge in [0.05, 0.1) is 32.2 Å². The molecule has 0 fully saturated rings. The van der Waals surface area contributed by atoms with Crippen LogP contribution in [0, 0.1) is 0 Å².